The Bertz CT molecular complexity index is 577. The highest BCUT2D eigenvalue weighted by molar-refractivity contribution is 7.08. The summed E-state index contributed by atoms with van der Waals surface area (Å²) in [6, 6.07) is 0.109. The molecule has 0 aromatic carbocycles. The number of hydrogen-bond acceptors (Lipinski definition) is 5. The van der Waals surface area contributed by atoms with Crippen LogP contribution in [-0.2, 0) is 5.41 Å². The molecule has 0 spiro atoms. The van der Waals surface area contributed by atoms with E-state index in [-0.39, 0.29) is 11.5 Å². The lowest BCUT2D eigenvalue weighted by atomic mass is 9.72. The molecule has 2 unspecified atom stereocenters. The molecule has 19 heavy (non-hydrogen) atoms. The van der Waals surface area contributed by atoms with Gasteiger partial charge in [0.2, 0.25) is 11.7 Å². The Hall–Kier alpha value is -1.20. The molecule has 0 bridgehead atoms. The van der Waals surface area contributed by atoms with Gasteiger partial charge >= 0.3 is 0 Å². The van der Waals surface area contributed by atoms with Crippen molar-refractivity contribution in [3.63, 3.8) is 0 Å². The summed E-state index contributed by atoms with van der Waals surface area (Å²) in [4.78, 5) is 4.61. The molecule has 1 saturated carbocycles. The van der Waals surface area contributed by atoms with E-state index >= 15 is 0 Å². The van der Waals surface area contributed by atoms with Gasteiger partial charge in [0.05, 0.1) is 5.41 Å². The van der Waals surface area contributed by atoms with Crippen LogP contribution in [0, 0.1) is 6.92 Å². The van der Waals surface area contributed by atoms with Crippen molar-refractivity contribution in [2.45, 2.75) is 51.0 Å². The summed E-state index contributed by atoms with van der Waals surface area (Å²) in [5.41, 5.74) is 8.36. The number of nitrogens with two attached hydrogens (primary N) is 1. The van der Waals surface area contributed by atoms with Crippen molar-refractivity contribution in [3.8, 4) is 11.4 Å². The highest BCUT2D eigenvalue weighted by atomic mass is 32.1. The summed E-state index contributed by atoms with van der Waals surface area (Å²) in [5, 5.41) is 8.30. The Morgan fingerprint density at radius 2 is 2.26 bits per heavy atom. The van der Waals surface area contributed by atoms with Gasteiger partial charge in [-0.15, -0.1) is 0 Å². The van der Waals surface area contributed by atoms with E-state index in [0.29, 0.717) is 11.7 Å². The predicted octanol–water partition coefficient (Wildman–Crippen LogP) is 3.27. The lowest BCUT2D eigenvalue weighted by Crippen LogP contribution is -2.45. The van der Waals surface area contributed by atoms with Crippen molar-refractivity contribution in [3.05, 3.63) is 22.2 Å². The van der Waals surface area contributed by atoms with E-state index in [4.69, 9.17) is 10.3 Å². The molecular weight excluding hydrogens is 258 g/mol. The van der Waals surface area contributed by atoms with Gasteiger partial charge in [0.25, 0.3) is 0 Å². The average Bonchev–Trinajstić information content (AvgIpc) is 3.01. The highest BCUT2D eigenvalue weighted by Gasteiger charge is 2.40. The summed E-state index contributed by atoms with van der Waals surface area (Å²) < 4.78 is 5.52. The van der Waals surface area contributed by atoms with Crippen molar-refractivity contribution in [2.75, 3.05) is 0 Å². The summed E-state index contributed by atoms with van der Waals surface area (Å²) in [5.74, 6) is 1.38. The molecule has 1 aliphatic rings. The van der Waals surface area contributed by atoms with E-state index < -0.39 is 0 Å². The zero-order valence-electron chi connectivity index (χ0n) is 11.3. The van der Waals surface area contributed by atoms with Gasteiger partial charge in [-0.2, -0.15) is 16.3 Å². The Kier molecular flexibility index (Phi) is 3.19. The molecule has 2 heterocycles. The maximum absolute atomic E-state index is 6.28. The zero-order chi connectivity index (χ0) is 13.5. The first-order valence-electron chi connectivity index (χ1n) is 6.74. The van der Waals surface area contributed by atoms with Gasteiger partial charge in [-0.1, -0.05) is 18.0 Å². The van der Waals surface area contributed by atoms with Crippen molar-refractivity contribution < 1.29 is 4.52 Å². The minimum absolute atomic E-state index is 0.109. The van der Waals surface area contributed by atoms with Crippen LogP contribution in [0.5, 0.6) is 0 Å². The second kappa shape index (κ2) is 4.72. The van der Waals surface area contributed by atoms with E-state index in [1.54, 1.807) is 11.3 Å². The normalized spacial score (nSPS) is 27.6. The first kappa shape index (κ1) is 12.8. The van der Waals surface area contributed by atoms with Crippen LogP contribution in [0.2, 0.25) is 0 Å². The Morgan fingerprint density at radius 1 is 1.42 bits per heavy atom. The fourth-order valence-electron chi connectivity index (χ4n) is 2.78. The summed E-state index contributed by atoms with van der Waals surface area (Å²) >= 11 is 1.66. The second-order valence-corrected chi connectivity index (χ2v) is 6.40. The summed E-state index contributed by atoms with van der Waals surface area (Å²) in [6.07, 6.45) is 4.44. The SMILES string of the molecule is Cc1cscc1-c1noc(C2(C)CCCCC2N)n1. The van der Waals surface area contributed by atoms with Crippen molar-refractivity contribution in [1.82, 2.24) is 10.1 Å². The Morgan fingerprint density at radius 3 is 2.95 bits per heavy atom. The molecule has 2 aromatic heterocycles. The van der Waals surface area contributed by atoms with Gasteiger partial charge in [-0.05, 0) is 37.6 Å². The molecule has 2 aromatic rings. The maximum atomic E-state index is 6.28. The van der Waals surface area contributed by atoms with Gasteiger partial charge in [0.1, 0.15) is 0 Å². The average molecular weight is 277 g/mol. The molecule has 0 aliphatic heterocycles. The molecule has 2 N–H and O–H groups in total. The highest BCUT2D eigenvalue weighted by Crippen LogP contribution is 2.38. The molecule has 2 atom stereocenters. The molecule has 102 valence electrons. The summed E-state index contributed by atoms with van der Waals surface area (Å²) in [7, 11) is 0. The van der Waals surface area contributed by atoms with Gasteiger partial charge in [-0.25, -0.2) is 0 Å². The standard InChI is InChI=1S/C14H19N3OS/c1-9-7-19-8-10(9)12-16-13(18-17-12)14(2)6-4-3-5-11(14)15/h7-8,11H,3-6,15H2,1-2H3. The first-order chi connectivity index (χ1) is 9.11. The van der Waals surface area contributed by atoms with Crippen LogP contribution < -0.4 is 5.73 Å². The van der Waals surface area contributed by atoms with E-state index in [1.165, 1.54) is 18.4 Å². The van der Waals surface area contributed by atoms with Gasteiger partial charge in [0, 0.05) is 17.0 Å². The number of rotatable bonds is 2. The first-order valence-corrected chi connectivity index (χ1v) is 7.68. The monoisotopic (exact) mass is 277 g/mol. The molecule has 1 aliphatic carbocycles. The lowest BCUT2D eigenvalue weighted by Gasteiger charge is -2.35. The van der Waals surface area contributed by atoms with Crippen LogP contribution in [0.25, 0.3) is 11.4 Å². The third-order valence-electron chi connectivity index (χ3n) is 4.29. The van der Waals surface area contributed by atoms with Gasteiger partial charge in [0.15, 0.2) is 0 Å². The molecule has 3 rings (SSSR count). The molecule has 0 amide bonds. The zero-order valence-corrected chi connectivity index (χ0v) is 12.2. The van der Waals surface area contributed by atoms with E-state index in [0.717, 1.165) is 18.4 Å². The van der Waals surface area contributed by atoms with Gasteiger partial charge in [-0.3, -0.25) is 0 Å². The van der Waals surface area contributed by atoms with Crippen LogP contribution >= 0.6 is 11.3 Å². The number of hydrogen-bond donors (Lipinski definition) is 1. The predicted molar refractivity (Wildman–Crippen MR) is 76.1 cm³/mol. The van der Waals surface area contributed by atoms with Crippen molar-refractivity contribution >= 4 is 11.3 Å². The topological polar surface area (TPSA) is 64.9 Å². The number of aryl methyl sites for hydroxylation is 1. The van der Waals surface area contributed by atoms with Crippen LogP contribution in [0.4, 0.5) is 0 Å². The third-order valence-corrected chi connectivity index (χ3v) is 5.15. The van der Waals surface area contributed by atoms with Gasteiger partial charge < -0.3 is 10.3 Å². The van der Waals surface area contributed by atoms with Crippen LogP contribution in [0.15, 0.2) is 15.3 Å². The number of thiophene rings is 1. The molecule has 0 saturated heterocycles. The lowest BCUT2D eigenvalue weighted by molar-refractivity contribution is 0.203. The van der Waals surface area contributed by atoms with Crippen LogP contribution in [0.1, 0.15) is 44.1 Å². The summed E-state index contributed by atoms with van der Waals surface area (Å²) in [6.45, 7) is 4.21. The molecular formula is C14H19N3OS. The number of nitrogens with zero attached hydrogens (tertiary/aromatic N) is 2. The maximum Gasteiger partial charge on any atom is 0.234 e. The van der Waals surface area contributed by atoms with E-state index in [1.807, 2.05) is 0 Å². The van der Waals surface area contributed by atoms with E-state index in [2.05, 4.69) is 34.7 Å². The minimum atomic E-state index is -0.173. The number of aromatic nitrogens is 2. The van der Waals surface area contributed by atoms with Crippen molar-refractivity contribution in [1.29, 1.82) is 0 Å². The third kappa shape index (κ3) is 2.11. The fourth-order valence-corrected chi connectivity index (χ4v) is 3.61. The Labute approximate surface area is 117 Å². The Balaban J connectivity index is 1.95. The van der Waals surface area contributed by atoms with Crippen LogP contribution in [-0.4, -0.2) is 16.2 Å². The smallest absolute Gasteiger partial charge is 0.234 e. The second-order valence-electron chi connectivity index (χ2n) is 5.66. The molecule has 0 radical (unpaired) electrons. The molecule has 1 fully saturated rings. The quantitative estimate of drug-likeness (QED) is 0.915. The van der Waals surface area contributed by atoms with Crippen LogP contribution in [0.3, 0.4) is 0 Å². The van der Waals surface area contributed by atoms with Crippen molar-refractivity contribution in [2.24, 2.45) is 5.73 Å². The van der Waals surface area contributed by atoms with E-state index in [9.17, 15) is 0 Å². The fraction of sp³-hybridized carbons (Fsp3) is 0.571. The molecule has 4 nitrogen and oxygen atoms in total. The minimum Gasteiger partial charge on any atom is -0.338 e. The largest absolute Gasteiger partial charge is 0.338 e. The molecule has 5 heteroatoms.